The Morgan fingerprint density at radius 2 is 1.88 bits per heavy atom. The molecular weight excluding hydrogens is 315 g/mol. The zero-order chi connectivity index (χ0) is 17.1. The van der Waals surface area contributed by atoms with Crippen molar-refractivity contribution in [2.45, 2.75) is 32.0 Å². The first kappa shape index (κ1) is 17.0. The number of aryl methyl sites for hydroxylation is 1. The summed E-state index contributed by atoms with van der Waals surface area (Å²) in [5.41, 5.74) is 1.81. The van der Waals surface area contributed by atoms with Crippen molar-refractivity contribution in [3.8, 4) is 0 Å². The van der Waals surface area contributed by atoms with Crippen molar-refractivity contribution in [1.82, 2.24) is 5.32 Å². The zero-order valence-corrected chi connectivity index (χ0v) is 13.5. The number of piperidine rings is 1. The minimum atomic E-state index is -0.599. The zero-order valence-electron chi connectivity index (χ0n) is 13.5. The topological polar surface area (TPSA) is 21.3 Å². The summed E-state index contributed by atoms with van der Waals surface area (Å²) in [6.07, 6.45) is 0.562. The summed E-state index contributed by atoms with van der Waals surface area (Å²) < 4.78 is 46.7. The van der Waals surface area contributed by atoms with E-state index >= 15 is 0 Å². The molecule has 2 unspecified atom stereocenters. The van der Waals surface area contributed by atoms with Gasteiger partial charge in [-0.05, 0) is 55.3 Å². The van der Waals surface area contributed by atoms with Crippen LogP contribution in [0, 0.1) is 24.4 Å². The number of rotatable bonds is 4. The molecule has 0 aliphatic carbocycles. The molecule has 3 rings (SSSR count). The first-order chi connectivity index (χ1) is 11.6. The van der Waals surface area contributed by atoms with Crippen molar-refractivity contribution >= 4 is 0 Å². The van der Waals surface area contributed by atoms with E-state index in [0.717, 1.165) is 24.1 Å². The Morgan fingerprint density at radius 3 is 2.58 bits per heavy atom. The molecule has 1 fully saturated rings. The maximum Gasteiger partial charge on any atom is 0.131 e. The molecule has 24 heavy (non-hydrogen) atoms. The summed E-state index contributed by atoms with van der Waals surface area (Å²) in [6, 6.07) is 8.49. The molecule has 0 amide bonds. The van der Waals surface area contributed by atoms with Gasteiger partial charge in [-0.2, -0.15) is 0 Å². The predicted octanol–water partition coefficient (Wildman–Crippen LogP) is 4.07. The van der Waals surface area contributed by atoms with Crippen LogP contribution in [0.4, 0.5) is 13.2 Å². The highest BCUT2D eigenvalue weighted by Crippen LogP contribution is 2.30. The van der Waals surface area contributed by atoms with Crippen LogP contribution in [0.2, 0.25) is 0 Å². The summed E-state index contributed by atoms with van der Waals surface area (Å²) in [4.78, 5) is 0. The molecule has 0 radical (unpaired) electrons. The molecule has 2 aromatic rings. The number of hydrogen-bond donors (Lipinski definition) is 1. The van der Waals surface area contributed by atoms with Gasteiger partial charge in [0.25, 0.3) is 0 Å². The third-order valence-corrected chi connectivity index (χ3v) is 4.55. The van der Waals surface area contributed by atoms with E-state index in [4.69, 9.17) is 4.74 Å². The third-order valence-electron chi connectivity index (χ3n) is 4.55. The average molecular weight is 335 g/mol. The number of benzene rings is 2. The lowest BCUT2D eigenvalue weighted by Gasteiger charge is -2.33. The number of nitrogens with one attached hydrogen (secondary N) is 1. The molecule has 0 spiro atoms. The van der Waals surface area contributed by atoms with E-state index in [1.54, 1.807) is 6.07 Å². The smallest absolute Gasteiger partial charge is 0.131 e. The van der Waals surface area contributed by atoms with E-state index in [1.807, 2.05) is 6.92 Å². The minimum absolute atomic E-state index is 0.0224. The maximum absolute atomic E-state index is 13.8. The first-order valence-corrected chi connectivity index (χ1v) is 8.07. The Hall–Kier alpha value is -1.85. The van der Waals surface area contributed by atoms with Crippen LogP contribution in [-0.2, 0) is 11.3 Å². The summed E-state index contributed by atoms with van der Waals surface area (Å²) in [6.45, 7) is 3.22. The van der Waals surface area contributed by atoms with E-state index in [0.29, 0.717) is 6.54 Å². The number of hydrogen-bond acceptors (Lipinski definition) is 2. The van der Waals surface area contributed by atoms with Gasteiger partial charge in [0.05, 0.1) is 12.7 Å². The van der Waals surface area contributed by atoms with Gasteiger partial charge in [-0.1, -0.05) is 12.1 Å². The molecule has 1 saturated heterocycles. The summed E-state index contributed by atoms with van der Waals surface area (Å²) in [7, 11) is 0. The fourth-order valence-electron chi connectivity index (χ4n) is 3.26. The Morgan fingerprint density at radius 1 is 1.12 bits per heavy atom. The van der Waals surface area contributed by atoms with Gasteiger partial charge in [0.1, 0.15) is 17.5 Å². The molecule has 1 aliphatic heterocycles. The molecule has 1 aliphatic rings. The fraction of sp³-hybridized carbons (Fsp3) is 0.368. The van der Waals surface area contributed by atoms with Gasteiger partial charge >= 0.3 is 0 Å². The van der Waals surface area contributed by atoms with Gasteiger partial charge in [-0.25, -0.2) is 13.2 Å². The molecule has 0 bridgehead atoms. The largest absolute Gasteiger partial charge is 0.373 e. The van der Waals surface area contributed by atoms with Gasteiger partial charge in [-0.3, -0.25) is 0 Å². The lowest BCUT2D eigenvalue weighted by molar-refractivity contribution is 0.00431. The van der Waals surface area contributed by atoms with Crippen LogP contribution in [0.5, 0.6) is 0 Å². The lowest BCUT2D eigenvalue weighted by atomic mass is 9.86. The van der Waals surface area contributed by atoms with Crippen molar-refractivity contribution in [1.29, 1.82) is 0 Å². The molecule has 2 nitrogen and oxygen atoms in total. The Kier molecular flexibility index (Phi) is 5.21. The van der Waals surface area contributed by atoms with E-state index in [-0.39, 0.29) is 30.0 Å². The van der Waals surface area contributed by atoms with Crippen molar-refractivity contribution in [3.63, 3.8) is 0 Å². The van der Waals surface area contributed by atoms with Crippen LogP contribution < -0.4 is 5.32 Å². The fourth-order valence-corrected chi connectivity index (χ4v) is 3.26. The predicted molar refractivity (Wildman–Crippen MR) is 86.3 cm³/mol. The van der Waals surface area contributed by atoms with Gasteiger partial charge < -0.3 is 10.1 Å². The first-order valence-electron chi connectivity index (χ1n) is 8.07. The Balaban J connectivity index is 1.77. The average Bonchev–Trinajstić information content (AvgIpc) is 2.55. The number of halogens is 3. The second kappa shape index (κ2) is 7.36. The van der Waals surface area contributed by atoms with E-state index in [1.165, 1.54) is 30.3 Å². The molecule has 5 heteroatoms. The standard InChI is InChI=1S/C19H20F3NO/c1-12-9-13(20)5-6-14(12)15-10-23-8-7-19(15)24-11-16-17(21)3-2-4-18(16)22/h2-6,9,15,19,23H,7-8,10-11H2,1H3. The molecule has 2 atom stereocenters. The van der Waals surface area contributed by atoms with E-state index in [9.17, 15) is 13.2 Å². The quantitative estimate of drug-likeness (QED) is 0.909. The monoisotopic (exact) mass is 335 g/mol. The van der Waals surface area contributed by atoms with Crippen molar-refractivity contribution in [2.75, 3.05) is 13.1 Å². The van der Waals surface area contributed by atoms with Crippen LogP contribution in [0.15, 0.2) is 36.4 Å². The van der Waals surface area contributed by atoms with Crippen molar-refractivity contribution < 1.29 is 17.9 Å². The van der Waals surface area contributed by atoms with E-state index < -0.39 is 11.6 Å². The minimum Gasteiger partial charge on any atom is -0.373 e. The highest BCUT2D eigenvalue weighted by Gasteiger charge is 2.28. The molecule has 1 heterocycles. The van der Waals surface area contributed by atoms with Gasteiger partial charge in [0, 0.05) is 18.0 Å². The van der Waals surface area contributed by atoms with Crippen LogP contribution >= 0.6 is 0 Å². The van der Waals surface area contributed by atoms with Crippen LogP contribution in [-0.4, -0.2) is 19.2 Å². The number of ether oxygens (including phenoxy) is 1. The second-order valence-electron chi connectivity index (χ2n) is 6.15. The van der Waals surface area contributed by atoms with Crippen LogP contribution in [0.3, 0.4) is 0 Å². The van der Waals surface area contributed by atoms with Crippen LogP contribution in [0.1, 0.15) is 29.0 Å². The van der Waals surface area contributed by atoms with E-state index in [2.05, 4.69) is 5.32 Å². The Labute approximate surface area is 139 Å². The summed E-state index contributed by atoms with van der Waals surface area (Å²) >= 11 is 0. The molecular formula is C19H20F3NO. The second-order valence-corrected chi connectivity index (χ2v) is 6.15. The lowest BCUT2D eigenvalue weighted by Crippen LogP contribution is -2.40. The van der Waals surface area contributed by atoms with Crippen LogP contribution in [0.25, 0.3) is 0 Å². The van der Waals surface area contributed by atoms with Gasteiger partial charge in [0.2, 0.25) is 0 Å². The maximum atomic E-state index is 13.8. The van der Waals surface area contributed by atoms with Crippen molar-refractivity contribution in [2.24, 2.45) is 0 Å². The highest BCUT2D eigenvalue weighted by atomic mass is 19.1. The summed E-state index contributed by atoms with van der Waals surface area (Å²) in [5, 5.41) is 3.30. The van der Waals surface area contributed by atoms with Crippen molar-refractivity contribution in [3.05, 3.63) is 70.5 Å². The molecule has 1 N–H and O–H groups in total. The normalized spacial score (nSPS) is 21.0. The highest BCUT2D eigenvalue weighted by molar-refractivity contribution is 5.31. The molecule has 0 aromatic heterocycles. The molecule has 0 saturated carbocycles. The molecule has 2 aromatic carbocycles. The molecule has 128 valence electrons. The SMILES string of the molecule is Cc1cc(F)ccc1C1CNCCC1OCc1c(F)cccc1F. The third kappa shape index (κ3) is 3.62. The Bertz CT molecular complexity index is 700. The summed E-state index contributed by atoms with van der Waals surface area (Å²) in [5.74, 6) is -1.45. The van der Waals surface area contributed by atoms with Gasteiger partial charge in [0.15, 0.2) is 0 Å². The van der Waals surface area contributed by atoms with Gasteiger partial charge in [-0.15, -0.1) is 0 Å².